The molecule has 0 aromatic carbocycles. The molecule has 2 heterocycles. The van der Waals surface area contributed by atoms with Gasteiger partial charge >= 0.3 is 0 Å². The molecule has 1 fully saturated rings. The third kappa shape index (κ3) is 6.33. The fourth-order valence-electron chi connectivity index (χ4n) is 3.17. The molecular weight excluding hydrogens is 398 g/mol. The van der Waals surface area contributed by atoms with Crippen molar-refractivity contribution in [2.75, 3.05) is 58.7 Å². The van der Waals surface area contributed by atoms with Gasteiger partial charge in [0.05, 0.1) is 24.5 Å². The number of aromatic nitrogens is 2. The minimum atomic E-state index is -3.27. The van der Waals surface area contributed by atoms with E-state index in [1.807, 2.05) is 0 Å². The third-order valence-electron chi connectivity index (χ3n) is 5.19. The molecule has 10 nitrogen and oxygen atoms in total. The van der Waals surface area contributed by atoms with Gasteiger partial charge in [0.2, 0.25) is 15.9 Å². The van der Waals surface area contributed by atoms with Gasteiger partial charge in [-0.3, -0.25) is 19.1 Å². The lowest BCUT2D eigenvalue weighted by atomic mass is 10.2. The van der Waals surface area contributed by atoms with E-state index in [1.165, 1.54) is 16.0 Å². The predicted molar refractivity (Wildman–Crippen MR) is 109 cm³/mol. The number of nitrogens with one attached hydrogen (secondary N) is 1. The zero-order chi connectivity index (χ0) is 21.6. The van der Waals surface area contributed by atoms with Crippen LogP contribution in [0.5, 0.6) is 0 Å². The number of ether oxygens (including phenoxy) is 1. The number of piperazine rings is 1. The Labute approximate surface area is 171 Å². The first-order valence-electron chi connectivity index (χ1n) is 9.64. The number of carbonyl (C=O) groups is 1. The van der Waals surface area contributed by atoms with Gasteiger partial charge < -0.3 is 10.1 Å². The van der Waals surface area contributed by atoms with Crippen molar-refractivity contribution < 1.29 is 17.9 Å². The number of hydrogen-bond acceptors (Lipinski definition) is 7. The van der Waals surface area contributed by atoms with Gasteiger partial charge in [0.1, 0.15) is 5.82 Å². The number of nitrogens with zero attached hydrogens (tertiary/aromatic N) is 4. The van der Waals surface area contributed by atoms with Gasteiger partial charge in [-0.2, -0.15) is 4.31 Å². The lowest BCUT2D eigenvalue weighted by Crippen LogP contribution is -2.51. The molecule has 0 spiro atoms. The van der Waals surface area contributed by atoms with E-state index >= 15 is 0 Å². The van der Waals surface area contributed by atoms with Crippen molar-refractivity contribution in [1.82, 2.24) is 24.1 Å². The van der Waals surface area contributed by atoms with E-state index in [1.54, 1.807) is 20.9 Å². The van der Waals surface area contributed by atoms with Crippen LogP contribution in [0.4, 0.5) is 0 Å². The van der Waals surface area contributed by atoms with Crippen LogP contribution in [0.1, 0.15) is 17.1 Å². The smallest absolute Gasteiger partial charge is 0.256 e. The third-order valence-corrected chi connectivity index (χ3v) is 7.02. The van der Waals surface area contributed by atoms with Crippen LogP contribution in [-0.2, 0) is 33.0 Å². The lowest BCUT2D eigenvalue weighted by Gasteiger charge is -2.33. The van der Waals surface area contributed by atoms with E-state index in [2.05, 4.69) is 15.2 Å². The summed E-state index contributed by atoms with van der Waals surface area (Å²) in [6.07, 6.45) is 0.0638. The van der Waals surface area contributed by atoms with Crippen LogP contribution in [0.3, 0.4) is 0 Å². The van der Waals surface area contributed by atoms with Crippen molar-refractivity contribution in [3.05, 3.63) is 27.4 Å². The molecule has 0 bridgehead atoms. The van der Waals surface area contributed by atoms with Gasteiger partial charge in [0.25, 0.3) is 5.56 Å². The summed E-state index contributed by atoms with van der Waals surface area (Å²) in [5.74, 6) is 0.380. The molecule has 1 amide bonds. The van der Waals surface area contributed by atoms with Crippen LogP contribution in [0.2, 0.25) is 0 Å². The molecule has 0 radical (unpaired) electrons. The summed E-state index contributed by atoms with van der Waals surface area (Å²) in [7, 11) is -0.133. The van der Waals surface area contributed by atoms with Gasteiger partial charge in [0, 0.05) is 59.0 Å². The summed E-state index contributed by atoms with van der Waals surface area (Å²) in [4.78, 5) is 30.8. The highest BCUT2D eigenvalue weighted by atomic mass is 32.2. The van der Waals surface area contributed by atoms with E-state index in [4.69, 9.17) is 4.74 Å². The standard InChI is InChI=1S/C18H31N5O5S/c1-14-16(20-15(2)21(3)18(14)25)13-17(24)19-5-6-22-7-9-23(10-8-22)29(26,27)12-11-28-4/h5-13H2,1-4H3,(H,19,24). The van der Waals surface area contributed by atoms with Gasteiger partial charge in [-0.1, -0.05) is 0 Å². The Kier molecular flexibility index (Phi) is 8.32. The van der Waals surface area contributed by atoms with E-state index in [0.29, 0.717) is 56.4 Å². The maximum atomic E-state index is 12.2. The number of rotatable bonds is 9. The van der Waals surface area contributed by atoms with Crippen LogP contribution in [-0.4, -0.2) is 91.8 Å². The van der Waals surface area contributed by atoms with Crippen LogP contribution in [0, 0.1) is 13.8 Å². The van der Waals surface area contributed by atoms with Crippen LogP contribution in [0.25, 0.3) is 0 Å². The molecule has 29 heavy (non-hydrogen) atoms. The summed E-state index contributed by atoms with van der Waals surface area (Å²) in [6, 6.07) is 0. The quantitative estimate of drug-likeness (QED) is 0.516. The molecule has 164 valence electrons. The number of methoxy groups -OCH3 is 1. The van der Waals surface area contributed by atoms with Crippen molar-refractivity contribution in [1.29, 1.82) is 0 Å². The van der Waals surface area contributed by atoms with E-state index in [9.17, 15) is 18.0 Å². The van der Waals surface area contributed by atoms with Crippen molar-refractivity contribution in [3.8, 4) is 0 Å². The average Bonchev–Trinajstić information content (AvgIpc) is 2.69. The van der Waals surface area contributed by atoms with Crippen LogP contribution in [0.15, 0.2) is 4.79 Å². The number of amides is 1. The fourth-order valence-corrected chi connectivity index (χ4v) is 4.52. The van der Waals surface area contributed by atoms with Gasteiger partial charge in [-0.25, -0.2) is 13.4 Å². The van der Waals surface area contributed by atoms with Gasteiger partial charge in [-0.05, 0) is 13.8 Å². The molecule has 1 N–H and O–H groups in total. The molecule has 0 unspecified atom stereocenters. The lowest BCUT2D eigenvalue weighted by molar-refractivity contribution is -0.120. The average molecular weight is 430 g/mol. The first-order chi connectivity index (χ1) is 13.7. The van der Waals surface area contributed by atoms with Crippen molar-refractivity contribution in [3.63, 3.8) is 0 Å². The molecular formula is C18H31N5O5S. The minimum absolute atomic E-state index is 0.00489. The van der Waals surface area contributed by atoms with E-state index in [0.717, 1.165) is 0 Å². The zero-order valence-corrected chi connectivity index (χ0v) is 18.4. The Hall–Kier alpha value is -1.82. The second-order valence-electron chi connectivity index (χ2n) is 7.17. The second-order valence-corrected chi connectivity index (χ2v) is 9.26. The molecule has 0 aliphatic carbocycles. The summed E-state index contributed by atoms with van der Waals surface area (Å²) in [5, 5.41) is 2.85. The first kappa shape index (κ1) is 23.5. The van der Waals surface area contributed by atoms with Crippen molar-refractivity contribution in [2.45, 2.75) is 20.3 Å². The highest BCUT2D eigenvalue weighted by Gasteiger charge is 2.26. The maximum absolute atomic E-state index is 12.2. The fraction of sp³-hybridized carbons (Fsp3) is 0.722. The minimum Gasteiger partial charge on any atom is -0.384 e. The number of aryl methyl sites for hydroxylation is 1. The Morgan fingerprint density at radius 2 is 1.86 bits per heavy atom. The Morgan fingerprint density at radius 1 is 1.21 bits per heavy atom. The summed E-state index contributed by atoms with van der Waals surface area (Å²) >= 11 is 0. The molecule has 0 saturated carbocycles. The SMILES string of the molecule is COCCS(=O)(=O)N1CCN(CCNC(=O)Cc2nc(C)n(C)c(=O)c2C)CC1. The molecule has 1 aromatic rings. The number of sulfonamides is 1. The molecule has 11 heteroatoms. The monoisotopic (exact) mass is 429 g/mol. The Morgan fingerprint density at radius 3 is 2.48 bits per heavy atom. The highest BCUT2D eigenvalue weighted by molar-refractivity contribution is 7.89. The summed E-state index contributed by atoms with van der Waals surface area (Å²) < 4.78 is 32.1. The largest absolute Gasteiger partial charge is 0.384 e. The molecule has 1 aliphatic rings. The molecule has 2 rings (SSSR count). The highest BCUT2D eigenvalue weighted by Crippen LogP contribution is 2.08. The summed E-state index contributed by atoms with van der Waals surface area (Å²) in [6.45, 7) is 6.82. The molecule has 1 saturated heterocycles. The normalized spacial score (nSPS) is 16.1. The van der Waals surface area contributed by atoms with E-state index in [-0.39, 0.29) is 30.2 Å². The number of carbonyl (C=O) groups excluding carboxylic acids is 1. The molecule has 1 aliphatic heterocycles. The van der Waals surface area contributed by atoms with Crippen molar-refractivity contribution in [2.24, 2.45) is 7.05 Å². The maximum Gasteiger partial charge on any atom is 0.256 e. The van der Waals surface area contributed by atoms with Gasteiger partial charge in [0.15, 0.2) is 0 Å². The predicted octanol–water partition coefficient (Wildman–Crippen LogP) is -1.35. The van der Waals surface area contributed by atoms with Gasteiger partial charge in [-0.15, -0.1) is 0 Å². The topological polar surface area (TPSA) is 114 Å². The van der Waals surface area contributed by atoms with Crippen LogP contribution < -0.4 is 10.9 Å². The Balaban J connectivity index is 1.76. The second kappa shape index (κ2) is 10.3. The number of hydrogen-bond donors (Lipinski definition) is 1. The van der Waals surface area contributed by atoms with Crippen LogP contribution >= 0.6 is 0 Å². The van der Waals surface area contributed by atoms with E-state index < -0.39 is 10.0 Å². The molecule has 0 atom stereocenters. The zero-order valence-electron chi connectivity index (χ0n) is 17.6. The Bertz CT molecular complexity index is 875. The molecule has 1 aromatic heterocycles. The first-order valence-corrected chi connectivity index (χ1v) is 11.3. The van der Waals surface area contributed by atoms with Crippen molar-refractivity contribution >= 4 is 15.9 Å². The summed E-state index contributed by atoms with van der Waals surface area (Å²) in [5.41, 5.74) is 0.843.